The molecule has 86 valence electrons. The molecule has 0 N–H and O–H groups in total. The molecule has 0 aliphatic rings. The standard InChI is InChI=1S/C14H19NO/c1-5-8-12-9-10-14(16-4)13(11-12)15(6-2)7-3/h9-11H,6-7H2,1-4H3. The first-order valence-electron chi connectivity index (χ1n) is 5.62. The van der Waals surface area contributed by atoms with E-state index in [0.29, 0.717) is 0 Å². The number of nitrogens with zero attached hydrogens (tertiary/aromatic N) is 1. The zero-order valence-corrected chi connectivity index (χ0v) is 10.5. The maximum absolute atomic E-state index is 5.37. The normalized spacial score (nSPS) is 9.25. The number of benzene rings is 1. The summed E-state index contributed by atoms with van der Waals surface area (Å²) in [6.45, 7) is 8.06. The van der Waals surface area contributed by atoms with E-state index in [9.17, 15) is 0 Å². The van der Waals surface area contributed by atoms with Crippen molar-refractivity contribution in [2.45, 2.75) is 20.8 Å². The van der Waals surface area contributed by atoms with Crippen LogP contribution in [0.2, 0.25) is 0 Å². The van der Waals surface area contributed by atoms with Crippen LogP contribution in [0.4, 0.5) is 5.69 Å². The quantitative estimate of drug-likeness (QED) is 0.719. The van der Waals surface area contributed by atoms with Gasteiger partial charge < -0.3 is 9.64 Å². The van der Waals surface area contributed by atoms with Crippen LogP contribution in [-0.2, 0) is 0 Å². The fourth-order valence-electron chi connectivity index (χ4n) is 1.72. The van der Waals surface area contributed by atoms with Crippen molar-refractivity contribution in [2.75, 3.05) is 25.1 Å². The maximum Gasteiger partial charge on any atom is 0.142 e. The zero-order chi connectivity index (χ0) is 12.0. The molecule has 0 saturated heterocycles. The highest BCUT2D eigenvalue weighted by molar-refractivity contribution is 5.62. The summed E-state index contributed by atoms with van der Waals surface area (Å²) in [6, 6.07) is 6.05. The van der Waals surface area contributed by atoms with Crippen molar-refractivity contribution in [1.82, 2.24) is 0 Å². The van der Waals surface area contributed by atoms with E-state index in [1.165, 1.54) is 0 Å². The van der Waals surface area contributed by atoms with E-state index >= 15 is 0 Å². The maximum atomic E-state index is 5.37. The average Bonchev–Trinajstić information content (AvgIpc) is 2.31. The van der Waals surface area contributed by atoms with Gasteiger partial charge in [-0.3, -0.25) is 0 Å². The Hall–Kier alpha value is -1.62. The van der Waals surface area contributed by atoms with E-state index in [0.717, 1.165) is 30.1 Å². The first-order chi connectivity index (χ1) is 7.76. The van der Waals surface area contributed by atoms with Gasteiger partial charge in [-0.1, -0.05) is 5.92 Å². The molecule has 1 aromatic carbocycles. The van der Waals surface area contributed by atoms with Crippen LogP contribution in [0, 0.1) is 11.8 Å². The van der Waals surface area contributed by atoms with Gasteiger partial charge in [0.15, 0.2) is 0 Å². The molecule has 2 nitrogen and oxygen atoms in total. The third-order valence-corrected chi connectivity index (χ3v) is 2.55. The molecule has 0 aliphatic heterocycles. The molecular formula is C14H19NO. The molecule has 0 unspecified atom stereocenters. The van der Waals surface area contributed by atoms with Gasteiger partial charge in [0.25, 0.3) is 0 Å². The lowest BCUT2D eigenvalue weighted by molar-refractivity contribution is 0.414. The van der Waals surface area contributed by atoms with Crippen molar-refractivity contribution < 1.29 is 4.74 Å². The van der Waals surface area contributed by atoms with Crippen molar-refractivity contribution in [2.24, 2.45) is 0 Å². The highest BCUT2D eigenvalue weighted by Crippen LogP contribution is 2.28. The van der Waals surface area contributed by atoms with E-state index in [1.54, 1.807) is 7.11 Å². The fourth-order valence-corrected chi connectivity index (χ4v) is 1.72. The molecule has 16 heavy (non-hydrogen) atoms. The van der Waals surface area contributed by atoms with Crippen LogP contribution in [0.15, 0.2) is 18.2 Å². The number of ether oxygens (including phenoxy) is 1. The Bertz CT molecular complexity index is 397. The van der Waals surface area contributed by atoms with E-state index in [4.69, 9.17) is 4.74 Å². The van der Waals surface area contributed by atoms with Crippen LogP contribution in [0.5, 0.6) is 5.75 Å². The smallest absolute Gasteiger partial charge is 0.142 e. The molecule has 0 bridgehead atoms. The van der Waals surface area contributed by atoms with Crippen molar-refractivity contribution >= 4 is 5.69 Å². The van der Waals surface area contributed by atoms with Crippen LogP contribution >= 0.6 is 0 Å². The van der Waals surface area contributed by atoms with E-state index in [2.05, 4.69) is 36.7 Å². The molecular weight excluding hydrogens is 198 g/mol. The summed E-state index contributed by atoms with van der Waals surface area (Å²) >= 11 is 0. The first-order valence-corrected chi connectivity index (χ1v) is 5.62. The molecule has 1 rings (SSSR count). The second-order valence-corrected chi connectivity index (χ2v) is 3.43. The van der Waals surface area contributed by atoms with Gasteiger partial charge in [0.2, 0.25) is 0 Å². The van der Waals surface area contributed by atoms with Gasteiger partial charge in [-0.2, -0.15) is 0 Å². The lowest BCUT2D eigenvalue weighted by Crippen LogP contribution is -2.22. The molecule has 0 aromatic heterocycles. The summed E-state index contributed by atoms with van der Waals surface area (Å²) in [4.78, 5) is 2.26. The average molecular weight is 217 g/mol. The first kappa shape index (κ1) is 12.4. The molecule has 0 atom stereocenters. The highest BCUT2D eigenvalue weighted by Gasteiger charge is 2.09. The third-order valence-electron chi connectivity index (χ3n) is 2.55. The summed E-state index contributed by atoms with van der Waals surface area (Å²) in [7, 11) is 1.70. The molecule has 0 spiro atoms. The summed E-state index contributed by atoms with van der Waals surface area (Å²) in [5.41, 5.74) is 2.15. The second-order valence-electron chi connectivity index (χ2n) is 3.43. The van der Waals surface area contributed by atoms with Gasteiger partial charge in [-0.05, 0) is 39.0 Å². The van der Waals surface area contributed by atoms with Gasteiger partial charge in [0.05, 0.1) is 12.8 Å². The molecule has 1 aromatic rings. The molecule has 2 heteroatoms. The monoisotopic (exact) mass is 217 g/mol. The summed E-state index contributed by atoms with van der Waals surface area (Å²) in [6.07, 6.45) is 0. The van der Waals surface area contributed by atoms with E-state index in [1.807, 2.05) is 19.1 Å². The number of hydrogen-bond donors (Lipinski definition) is 0. The predicted octanol–water partition coefficient (Wildman–Crippen LogP) is 2.91. The van der Waals surface area contributed by atoms with Crippen LogP contribution in [-0.4, -0.2) is 20.2 Å². The van der Waals surface area contributed by atoms with Crippen molar-refractivity contribution in [3.63, 3.8) is 0 Å². The number of methoxy groups -OCH3 is 1. The Balaban J connectivity index is 3.18. The molecule has 0 fully saturated rings. The number of rotatable bonds is 4. The lowest BCUT2D eigenvalue weighted by atomic mass is 10.1. The zero-order valence-electron chi connectivity index (χ0n) is 10.5. The summed E-state index contributed by atoms with van der Waals surface area (Å²) in [5, 5.41) is 0. The highest BCUT2D eigenvalue weighted by atomic mass is 16.5. The van der Waals surface area contributed by atoms with Crippen molar-refractivity contribution in [3.05, 3.63) is 23.8 Å². The third kappa shape index (κ3) is 2.70. The van der Waals surface area contributed by atoms with E-state index in [-0.39, 0.29) is 0 Å². The van der Waals surface area contributed by atoms with Crippen LogP contribution in [0.1, 0.15) is 26.3 Å². The van der Waals surface area contributed by atoms with Crippen molar-refractivity contribution in [1.29, 1.82) is 0 Å². The SMILES string of the molecule is CC#Cc1ccc(OC)c(N(CC)CC)c1. The predicted molar refractivity (Wildman–Crippen MR) is 69.1 cm³/mol. The lowest BCUT2D eigenvalue weighted by Gasteiger charge is -2.23. The summed E-state index contributed by atoms with van der Waals surface area (Å²) in [5.74, 6) is 6.89. The van der Waals surface area contributed by atoms with E-state index < -0.39 is 0 Å². The number of anilines is 1. The van der Waals surface area contributed by atoms with Gasteiger partial charge in [-0.15, -0.1) is 5.92 Å². The topological polar surface area (TPSA) is 12.5 Å². The van der Waals surface area contributed by atoms with Gasteiger partial charge in [0.1, 0.15) is 5.75 Å². The Labute approximate surface area is 98.2 Å². The fraction of sp³-hybridized carbons (Fsp3) is 0.429. The Morgan fingerprint density at radius 2 is 1.94 bits per heavy atom. The molecule has 0 radical (unpaired) electrons. The van der Waals surface area contributed by atoms with Crippen LogP contribution in [0.25, 0.3) is 0 Å². The molecule has 0 saturated carbocycles. The largest absolute Gasteiger partial charge is 0.495 e. The van der Waals surface area contributed by atoms with Crippen LogP contribution in [0.3, 0.4) is 0 Å². The molecule has 0 heterocycles. The Kier molecular flexibility index (Phi) is 4.72. The Morgan fingerprint density at radius 3 is 2.44 bits per heavy atom. The number of hydrogen-bond acceptors (Lipinski definition) is 2. The van der Waals surface area contributed by atoms with Gasteiger partial charge >= 0.3 is 0 Å². The minimum Gasteiger partial charge on any atom is -0.495 e. The van der Waals surface area contributed by atoms with Crippen molar-refractivity contribution in [3.8, 4) is 17.6 Å². The minimum atomic E-state index is 0.908. The molecule has 0 amide bonds. The summed E-state index contributed by atoms with van der Waals surface area (Å²) < 4.78 is 5.37. The molecule has 0 aliphatic carbocycles. The second kappa shape index (κ2) is 6.07. The van der Waals surface area contributed by atoms with Gasteiger partial charge in [-0.25, -0.2) is 0 Å². The Morgan fingerprint density at radius 1 is 1.25 bits per heavy atom. The minimum absolute atomic E-state index is 0.908. The van der Waals surface area contributed by atoms with Gasteiger partial charge in [0, 0.05) is 18.7 Å². The van der Waals surface area contributed by atoms with Crippen LogP contribution < -0.4 is 9.64 Å².